The fourth-order valence-electron chi connectivity index (χ4n) is 3.72. The van der Waals surface area contributed by atoms with Gasteiger partial charge in [0, 0.05) is 10.4 Å². The molecule has 0 amide bonds. The largest absolute Gasteiger partial charge is 0.456 e. The summed E-state index contributed by atoms with van der Waals surface area (Å²) in [5, 5.41) is 4.87. The molecule has 0 atom stereocenters. The van der Waals surface area contributed by atoms with E-state index in [4.69, 9.17) is 14.9 Å². The highest BCUT2D eigenvalue weighted by Gasteiger charge is 2.21. The number of benzene rings is 1. The molecule has 3 aromatic heterocycles. The molecule has 1 aliphatic rings. The fourth-order valence-corrected chi connectivity index (χ4v) is 5.01. The second-order valence-corrected chi connectivity index (χ2v) is 8.50. The van der Waals surface area contributed by atoms with Crippen molar-refractivity contribution in [3.63, 3.8) is 0 Å². The molecule has 0 saturated carbocycles. The minimum Gasteiger partial charge on any atom is -0.456 e. The molecule has 1 aromatic carbocycles. The van der Waals surface area contributed by atoms with Crippen LogP contribution in [0, 0.1) is 5.82 Å². The van der Waals surface area contributed by atoms with Gasteiger partial charge in [-0.05, 0) is 55.5 Å². The minimum absolute atomic E-state index is 0.0222. The van der Waals surface area contributed by atoms with Gasteiger partial charge in [0.2, 0.25) is 5.89 Å². The maximum absolute atomic E-state index is 13.1. The van der Waals surface area contributed by atoms with Crippen molar-refractivity contribution >= 4 is 33.3 Å². The van der Waals surface area contributed by atoms with Crippen LogP contribution in [0.1, 0.15) is 29.1 Å². The van der Waals surface area contributed by atoms with E-state index >= 15 is 0 Å². The highest BCUT2D eigenvalue weighted by atomic mass is 32.1. The second kappa shape index (κ2) is 8.15. The minimum atomic E-state index is -0.827. The number of nitrogens with zero attached hydrogens (tertiary/aromatic N) is 4. The highest BCUT2D eigenvalue weighted by Crippen LogP contribution is 2.37. The number of rotatable bonds is 5. The molecule has 0 radical (unpaired) electrons. The molecule has 0 saturated heterocycles. The lowest BCUT2D eigenvalue weighted by atomic mass is 9.97. The third kappa shape index (κ3) is 3.86. The van der Waals surface area contributed by atoms with Crippen LogP contribution >= 0.6 is 11.3 Å². The molecule has 11 heteroatoms. The van der Waals surface area contributed by atoms with Gasteiger partial charge in [-0.2, -0.15) is 4.68 Å². The second-order valence-electron chi connectivity index (χ2n) is 7.41. The van der Waals surface area contributed by atoms with Crippen LogP contribution in [0.3, 0.4) is 0 Å². The Balaban J connectivity index is 1.28. The smallest absolute Gasteiger partial charge is 0.437 e. The zero-order chi connectivity index (χ0) is 22.2. The van der Waals surface area contributed by atoms with Crippen molar-refractivity contribution in [3.8, 4) is 11.5 Å². The zero-order valence-corrected chi connectivity index (χ0v) is 17.7. The quantitative estimate of drug-likeness (QED) is 0.455. The predicted octanol–water partition coefficient (Wildman–Crippen LogP) is 2.85. The summed E-state index contributed by atoms with van der Waals surface area (Å²) in [6.07, 6.45) is 4.28. The van der Waals surface area contributed by atoms with E-state index in [0.717, 1.165) is 40.6 Å². The lowest BCUT2D eigenvalue weighted by Crippen LogP contribution is -2.23. The molecule has 0 bridgehead atoms. The number of fused-ring (bicyclic) bond motifs is 3. The zero-order valence-electron chi connectivity index (χ0n) is 16.8. The van der Waals surface area contributed by atoms with Crippen LogP contribution in [0.2, 0.25) is 0 Å². The third-order valence-corrected chi connectivity index (χ3v) is 6.41. The number of aryl methyl sites for hydroxylation is 2. The van der Waals surface area contributed by atoms with Crippen molar-refractivity contribution < 1.29 is 18.3 Å². The first-order valence-corrected chi connectivity index (χ1v) is 10.9. The number of nitrogens with two attached hydrogens (primary N) is 1. The van der Waals surface area contributed by atoms with E-state index in [0.29, 0.717) is 17.2 Å². The number of nitrogen functional groups attached to an aromatic ring is 1. The van der Waals surface area contributed by atoms with Gasteiger partial charge in [0.15, 0.2) is 12.4 Å². The Hall–Kier alpha value is -3.60. The predicted molar refractivity (Wildman–Crippen MR) is 114 cm³/mol. The van der Waals surface area contributed by atoms with E-state index in [-0.39, 0.29) is 12.5 Å². The van der Waals surface area contributed by atoms with Gasteiger partial charge in [0.05, 0.1) is 5.39 Å². The highest BCUT2D eigenvalue weighted by molar-refractivity contribution is 7.19. The molecular formula is C21H18FN5O4S. The molecule has 4 aromatic rings. The van der Waals surface area contributed by atoms with Gasteiger partial charge in [0.1, 0.15) is 23.0 Å². The Morgan fingerprint density at radius 3 is 2.81 bits per heavy atom. The van der Waals surface area contributed by atoms with Crippen LogP contribution < -0.4 is 11.5 Å². The molecule has 3 heterocycles. The molecule has 5 rings (SSSR count). The van der Waals surface area contributed by atoms with E-state index in [1.165, 1.54) is 34.7 Å². The number of halogens is 1. The van der Waals surface area contributed by atoms with Crippen LogP contribution in [0.4, 0.5) is 10.2 Å². The summed E-state index contributed by atoms with van der Waals surface area (Å²) in [5.74, 6) is -1.31. The summed E-state index contributed by atoms with van der Waals surface area (Å²) in [5.41, 5.74) is 7.81. The molecule has 32 heavy (non-hydrogen) atoms. The van der Waals surface area contributed by atoms with E-state index in [1.807, 2.05) is 0 Å². The van der Waals surface area contributed by atoms with Crippen LogP contribution in [-0.2, 0) is 35.5 Å². The number of aromatic nitrogens is 4. The Morgan fingerprint density at radius 2 is 2.00 bits per heavy atom. The molecule has 164 valence electrons. The van der Waals surface area contributed by atoms with Gasteiger partial charge >= 0.3 is 11.7 Å². The lowest BCUT2D eigenvalue weighted by molar-refractivity contribution is -0.146. The van der Waals surface area contributed by atoms with Crippen molar-refractivity contribution in [2.24, 2.45) is 0 Å². The van der Waals surface area contributed by atoms with Crippen LogP contribution in [0.5, 0.6) is 0 Å². The standard InChI is InChI=1S/C21H18FN5O4S/c22-12-7-5-11(6-8-12)19-26-27(21(29)31-19)9-16(28)30-10-15-24-18(23)17-13-3-1-2-4-14(13)32-20(17)25-15/h5-8H,1-4,9-10H2,(H2,23,24,25). The van der Waals surface area contributed by atoms with Crippen LogP contribution in [-0.4, -0.2) is 25.7 Å². The van der Waals surface area contributed by atoms with Crippen molar-refractivity contribution in [2.75, 3.05) is 5.73 Å². The number of thiophene rings is 1. The topological polar surface area (TPSA) is 126 Å². The van der Waals surface area contributed by atoms with E-state index in [2.05, 4.69) is 15.1 Å². The monoisotopic (exact) mass is 455 g/mol. The summed E-state index contributed by atoms with van der Waals surface area (Å²) >= 11 is 1.61. The summed E-state index contributed by atoms with van der Waals surface area (Å²) < 4.78 is 24.2. The third-order valence-electron chi connectivity index (χ3n) is 5.23. The van der Waals surface area contributed by atoms with Crippen molar-refractivity contribution in [3.05, 3.63) is 56.9 Å². The first kappa shape index (κ1) is 20.3. The van der Waals surface area contributed by atoms with E-state index in [9.17, 15) is 14.0 Å². The van der Waals surface area contributed by atoms with E-state index < -0.39 is 24.1 Å². The van der Waals surface area contributed by atoms with Crippen LogP contribution in [0.15, 0.2) is 33.5 Å². The number of carbonyl (C=O) groups is 1. The molecule has 9 nitrogen and oxygen atoms in total. The van der Waals surface area contributed by atoms with Crippen molar-refractivity contribution in [2.45, 2.75) is 38.8 Å². The number of ether oxygens (including phenoxy) is 1. The maximum atomic E-state index is 13.1. The molecular weight excluding hydrogens is 437 g/mol. The normalized spacial score (nSPS) is 13.3. The molecule has 0 aliphatic heterocycles. The van der Waals surface area contributed by atoms with Gasteiger partial charge in [-0.1, -0.05) is 0 Å². The van der Waals surface area contributed by atoms with Gasteiger partial charge in [-0.3, -0.25) is 4.79 Å². The Kier molecular flexibility index (Phi) is 5.17. The summed E-state index contributed by atoms with van der Waals surface area (Å²) in [7, 11) is 0. The molecule has 0 unspecified atom stereocenters. The molecule has 0 spiro atoms. The molecule has 1 aliphatic carbocycles. The lowest BCUT2D eigenvalue weighted by Gasteiger charge is -2.10. The van der Waals surface area contributed by atoms with Gasteiger partial charge in [-0.15, -0.1) is 16.4 Å². The molecule has 0 fully saturated rings. The van der Waals surface area contributed by atoms with Gasteiger partial charge < -0.3 is 14.9 Å². The molecule has 2 N–H and O–H groups in total. The maximum Gasteiger partial charge on any atom is 0.437 e. The Bertz CT molecular complexity index is 1380. The SMILES string of the molecule is Nc1nc(COC(=O)Cn2nc(-c3ccc(F)cc3)oc2=O)nc2sc3c(c12)CCCC3. The number of esters is 1. The van der Waals surface area contributed by atoms with Gasteiger partial charge in [0.25, 0.3) is 0 Å². The van der Waals surface area contributed by atoms with E-state index in [1.54, 1.807) is 11.3 Å². The fraction of sp³-hybridized carbons (Fsp3) is 0.286. The number of anilines is 1. The van der Waals surface area contributed by atoms with Crippen molar-refractivity contribution in [1.29, 1.82) is 0 Å². The number of hydrogen-bond acceptors (Lipinski definition) is 9. The summed E-state index contributed by atoms with van der Waals surface area (Å²) in [4.78, 5) is 35.1. The summed E-state index contributed by atoms with van der Waals surface area (Å²) in [6.45, 7) is -0.631. The van der Waals surface area contributed by atoms with Crippen molar-refractivity contribution in [1.82, 2.24) is 19.7 Å². The Labute approximate surface area is 184 Å². The van der Waals surface area contributed by atoms with Crippen LogP contribution in [0.25, 0.3) is 21.7 Å². The first-order chi connectivity index (χ1) is 15.5. The number of carbonyl (C=O) groups excluding carboxylic acids is 1. The number of hydrogen-bond donors (Lipinski definition) is 1. The average Bonchev–Trinajstić information content (AvgIpc) is 3.33. The first-order valence-electron chi connectivity index (χ1n) is 10.0. The Morgan fingerprint density at radius 1 is 1.22 bits per heavy atom. The van der Waals surface area contributed by atoms with Gasteiger partial charge in [-0.25, -0.2) is 19.2 Å². The summed E-state index contributed by atoms with van der Waals surface area (Å²) in [6, 6.07) is 5.28. The average molecular weight is 455 g/mol.